The van der Waals surface area contributed by atoms with Crippen LogP contribution in [-0.4, -0.2) is 4.21 Å². The second-order valence-corrected chi connectivity index (χ2v) is 3.78. The number of benzene rings is 1. The summed E-state index contributed by atoms with van der Waals surface area (Å²) in [6, 6.07) is 5.29. The Morgan fingerprint density at radius 2 is 2.36 bits per heavy atom. The summed E-state index contributed by atoms with van der Waals surface area (Å²) in [7, 11) is 0. The van der Waals surface area contributed by atoms with Crippen molar-refractivity contribution >= 4 is 22.7 Å². The lowest BCUT2D eigenvalue weighted by atomic mass is 10.2. The van der Waals surface area contributed by atoms with Gasteiger partial charge in [0, 0.05) is 16.7 Å². The molecule has 0 amide bonds. The molecule has 0 radical (unpaired) electrons. The van der Waals surface area contributed by atoms with Crippen LogP contribution in [0.1, 0.15) is 5.56 Å². The van der Waals surface area contributed by atoms with Gasteiger partial charge in [-0.1, -0.05) is 17.7 Å². The van der Waals surface area contributed by atoms with Crippen LogP contribution < -0.4 is 4.18 Å². The molecule has 0 bridgehead atoms. The Balaban J connectivity index is 2.51. The predicted octanol–water partition coefficient (Wildman–Crippen LogP) is 1.90. The van der Waals surface area contributed by atoms with Crippen LogP contribution in [0, 0.1) is 0 Å². The minimum atomic E-state index is -1.19. The second kappa shape index (κ2) is 2.50. The molecule has 1 aromatic rings. The molecule has 1 atom stereocenters. The molecular formula is C7H5ClO2S. The molecule has 11 heavy (non-hydrogen) atoms. The van der Waals surface area contributed by atoms with Gasteiger partial charge in [0.05, 0.1) is 5.75 Å². The molecule has 0 aliphatic carbocycles. The van der Waals surface area contributed by atoms with Crippen molar-refractivity contribution in [2.75, 3.05) is 0 Å². The highest BCUT2D eigenvalue weighted by Crippen LogP contribution is 2.30. The van der Waals surface area contributed by atoms with E-state index in [1.54, 1.807) is 12.1 Å². The topological polar surface area (TPSA) is 26.3 Å². The predicted molar refractivity (Wildman–Crippen MR) is 43.9 cm³/mol. The van der Waals surface area contributed by atoms with Gasteiger partial charge in [0.25, 0.3) is 0 Å². The molecule has 0 saturated heterocycles. The summed E-state index contributed by atoms with van der Waals surface area (Å²) in [6.45, 7) is 0. The molecule has 1 aromatic carbocycles. The first-order chi connectivity index (χ1) is 5.25. The van der Waals surface area contributed by atoms with Gasteiger partial charge in [-0.15, -0.1) is 0 Å². The third-order valence-electron chi connectivity index (χ3n) is 1.49. The number of rotatable bonds is 0. The maximum absolute atomic E-state index is 10.9. The van der Waals surface area contributed by atoms with Crippen molar-refractivity contribution < 1.29 is 8.39 Å². The Morgan fingerprint density at radius 1 is 1.55 bits per heavy atom. The van der Waals surface area contributed by atoms with Gasteiger partial charge in [0.1, 0.15) is 5.75 Å². The third kappa shape index (κ3) is 1.26. The number of fused-ring (bicyclic) bond motifs is 1. The minimum Gasteiger partial charge on any atom is -0.400 e. The van der Waals surface area contributed by atoms with Crippen LogP contribution in [0.3, 0.4) is 0 Å². The van der Waals surface area contributed by atoms with Gasteiger partial charge < -0.3 is 4.18 Å². The van der Waals surface area contributed by atoms with Crippen LogP contribution >= 0.6 is 11.6 Å². The van der Waals surface area contributed by atoms with Crippen LogP contribution in [0.2, 0.25) is 5.02 Å². The van der Waals surface area contributed by atoms with E-state index in [1.807, 2.05) is 6.07 Å². The molecular weight excluding hydrogens is 184 g/mol. The largest absolute Gasteiger partial charge is 0.400 e. The van der Waals surface area contributed by atoms with Crippen molar-refractivity contribution in [1.82, 2.24) is 0 Å². The number of hydrogen-bond donors (Lipinski definition) is 0. The van der Waals surface area contributed by atoms with E-state index in [9.17, 15) is 4.21 Å². The third-order valence-corrected chi connectivity index (χ3v) is 2.63. The van der Waals surface area contributed by atoms with Crippen molar-refractivity contribution in [2.24, 2.45) is 0 Å². The SMILES string of the molecule is O=S1Cc2ccc(Cl)cc2O1. The fraction of sp³-hybridized carbons (Fsp3) is 0.143. The van der Waals surface area contributed by atoms with Gasteiger partial charge in [0.15, 0.2) is 0 Å². The van der Waals surface area contributed by atoms with Crippen molar-refractivity contribution in [3.05, 3.63) is 28.8 Å². The maximum atomic E-state index is 10.9. The minimum absolute atomic E-state index is 0.479. The van der Waals surface area contributed by atoms with E-state index in [1.165, 1.54) is 0 Å². The average Bonchev–Trinajstić information content (AvgIpc) is 2.27. The fourth-order valence-electron chi connectivity index (χ4n) is 0.982. The summed E-state index contributed by atoms with van der Waals surface area (Å²) in [4.78, 5) is 0. The molecule has 0 aromatic heterocycles. The molecule has 0 spiro atoms. The van der Waals surface area contributed by atoms with Gasteiger partial charge in [-0.05, 0) is 6.07 Å². The Hall–Kier alpha value is -0.540. The quantitative estimate of drug-likeness (QED) is 0.622. The fourth-order valence-corrected chi connectivity index (χ4v) is 2.05. The standard InChI is InChI=1S/C7H5ClO2S/c8-6-2-1-5-4-11(9)10-7(5)3-6/h1-3H,4H2. The zero-order valence-corrected chi connectivity index (χ0v) is 7.11. The summed E-state index contributed by atoms with van der Waals surface area (Å²) in [5, 5.41) is 0.614. The molecule has 1 aliphatic rings. The van der Waals surface area contributed by atoms with E-state index in [0.29, 0.717) is 16.5 Å². The van der Waals surface area contributed by atoms with Crippen molar-refractivity contribution in [3.8, 4) is 5.75 Å². The van der Waals surface area contributed by atoms with Gasteiger partial charge in [-0.25, -0.2) is 4.21 Å². The lowest BCUT2D eigenvalue weighted by molar-refractivity contribution is 0.577. The average molecular weight is 189 g/mol. The summed E-state index contributed by atoms with van der Waals surface area (Å²) >= 11 is 4.51. The first-order valence-electron chi connectivity index (χ1n) is 3.11. The smallest absolute Gasteiger partial charge is 0.211 e. The Bertz CT molecular complexity index is 324. The van der Waals surface area contributed by atoms with Gasteiger partial charge in [-0.2, -0.15) is 0 Å². The Labute approximate surface area is 71.8 Å². The van der Waals surface area contributed by atoms with Crippen LogP contribution in [0.25, 0.3) is 0 Å². The molecule has 2 rings (SSSR count). The highest BCUT2D eigenvalue weighted by atomic mass is 35.5. The second-order valence-electron chi connectivity index (χ2n) is 2.28. The van der Waals surface area contributed by atoms with Crippen LogP contribution in [0.5, 0.6) is 5.75 Å². The Kier molecular flexibility index (Phi) is 1.62. The molecule has 0 fully saturated rings. The lowest BCUT2D eigenvalue weighted by Crippen LogP contribution is -1.90. The van der Waals surface area contributed by atoms with E-state index in [4.69, 9.17) is 15.8 Å². The highest BCUT2D eigenvalue weighted by Gasteiger charge is 2.18. The monoisotopic (exact) mass is 188 g/mol. The van der Waals surface area contributed by atoms with Gasteiger partial charge in [-0.3, -0.25) is 0 Å². The molecule has 0 saturated carbocycles. The van der Waals surface area contributed by atoms with E-state index in [-0.39, 0.29) is 0 Å². The maximum Gasteiger partial charge on any atom is 0.211 e. The van der Waals surface area contributed by atoms with Crippen molar-refractivity contribution in [2.45, 2.75) is 5.75 Å². The van der Waals surface area contributed by atoms with Crippen LogP contribution in [0.15, 0.2) is 18.2 Å². The van der Waals surface area contributed by atoms with Crippen LogP contribution in [0.4, 0.5) is 0 Å². The summed E-state index contributed by atoms with van der Waals surface area (Å²) in [6.07, 6.45) is 0. The zero-order valence-electron chi connectivity index (χ0n) is 5.54. The van der Waals surface area contributed by atoms with E-state index < -0.39 is 11.1 Å². The molecule has 2 nitrogen and oxygen atoms in total. The summed E-state index contributed by atoms with van der Waals surface area (Å²) in [5.74, 6) is 1.13. The molecule has 1 unspecified atom stereocenters. The number of hydrogen-bond acceptors (Lipinski definition) is 2. The van der Waals surface area contributed by atoms with Gasteiger partial charge in [0.2, 0.25) is 11.1 Å². The Morgan fingerprint density at radius 3 is 3.18 bits per heavy atom. The van der Waals surface area contributed by atoms with Crippen molar-refractivity contribution in [1.29, 1.82) is 0 Å². The normalized spacial score (nSPS) is 21.0. The van der Waals surface area contributed by atoms with Crippen LogP contribution in [-0.2, 0) is 16.8 Å². The molecule has 1 aliphatic heterocycles. The van der Waals surface area contributed by atoms with Crippen molar-refractivity contribution in [3.63, 3.8) is 0 Å². The van der Waals surface area contributed by atoms with E-state index >= 15 is 0 Å². The zero-order chi connectivity index (χ0) is 7.84. The molecule has 0 N–H and O–H groups in total. The molecule has 58 valence electrons. The van der Waals surface area contributed by atoms with E-state index in [2.05, 4.69) is 0 Å². The first kappa shape index (κ1) is 7.13. The first-order valence-corrected chi connectivity index (χ1v) is 4.73. The van der Waals surface area contributed by atoms with Gasteiger partial charge >= 0.3 is 0 Å². The highest BCUT2D eigenvalue weighted by molar-refractivity contribution is 7.80. The number of halogens is 1. The van der Waals surface area contributed by atoms with E-state index in [0.717, 1.165) is 5.56 Å². The summed E-state index contributed by atoms with van der Waals surface area (Å²) in [5.41, 5.74) is 0.965. The molecule has 1 heterocycles. The summed E-state index contributed by atoms with van der Waals surface area (Å²) < 4.78 is 15.8. The molecule has 4 heteroatoms. The lowest BCUT2D eigenvalue weighted by Gasteiger charge is -1.94.